The van der Waals surface area contributed by atoms with Crippen molar-refractivity contribution in [2.45, 2.75) is 26.4 Å². The van der Waals surface area contributed by atoms with Crippen LogP contribution in [0.3, 0.4) is 0 Å². The lowest BCUT2D eigenvalue weighted by Crippen LogP contribution is -2.40. The number of benzene rings is 1. The fourth-order valence-electron chi connectivity index (χ4n) is 2.60. The highest BCUT2D eigenvalue weighted by molar-refractivity contribution is 6.30. The van der Waals surface area contributed by atoms with Gasteiger partial charge >= 0.3 is 0 Å². The van der Waals surface area contributed by atoms with E-state index in [2.05, 4.69) is 30.9 Å². The average molecular weight is 388 g/mol. The van der Waals surface area contributed by atoms with E-state index in [0.717, 1.165) is 12.1 Å². The highest BCUT2D eigenvalue weighted by Gasteiger charge is 2.15. The Kier molecular flexibility index (Phi) is 6.43. The zero-order chi connectivity index (χ0) is 19.1. The van der Waals surface area contributed by atoms with Crippen molar-refractivity contribution in [1.29, 1.82) is 0 Å². The number of rotatable bonds is 7. The zero-order valence-electron chi connectivity index (χ0n) is 15.3. The third-order valence-electron chi connectivity index (χ3n) is 3.85. The van der Waals surface area contributed by atoms with Gasteiger partial charge in [-0.1, -0.05) is 28.9 Å². The molecule has 2 heterocycles. The zero-order valence-corrected chi connectivity index (χ0v) is 16.0. The van der Waals surface area contributed by atoms with Crippen molar-refractivity contribution < 1.29 is 4.52 Å². The minimum absolute atomic E-state index is 0.00598. The smallest absolute Gasteiger partial charge is 0.223 e. The molecule has 2 N–H and O–H groups in total. The van der Waals surface area contributed by atoms with E-state index in [1.54, 1.807) is 13.1 Å². The normalized spacial score (nSPS) is 12.8. The van der Waals surface area contributed by atoms with Crippen molar-refractivity contribution in [2.75, 3.05) is 13.1 Å². The Morgan fingerprint density at radius 1 is 1.30 bits per heavy atom. The summed E-state index contributed by atoms with van der Waals surface area (Å²) in [4.78, 5) is 8.68. The van der Waals surface area contributed by atoms with Gasteiger partial charge in [0.15, 0.2) is 11.8 Å². The molecule has 142 valence electrons. The van der Waals surface area contributed by atoms with Gasteiger partial charge in [-0.2, -0.15) is 10.1 Å². The van der Waals surface area contributed by atoms with E-state index in [9.17, 15) is 0 Å². The first-order chi connectivity index (χ1) is 13.2. The second kappa shape index (κ2) is 9.18. The Labute approximate surface area is 162 Å². The number of hydrogen-bond donors (Lipinski definition) is 2. The van der Waals surface area contributed by atoms with Crippen LogP contribution in [0.1, 0.15) is 30.2 Å². The number of aryl methyl sites for hydroxylation is 1. The van der Waals surface area contributed by atoms with Crippen LogP contribution >= 0.6 is 11.6 Å². The summed E-state index contributed by atoms with van der Waals surface area (Å²) in [5.41, 5.74) is 1.10. The van der Waals surface area contributed by atoms with E-state index in [-0.39, 0.29) is 6.04 Å². The van der Waals surface area contributed by atoms with Crippen LogP contribution < -0.4 is 10.6 Å². The Balaban J connectivity index is 1.72. The van der Waals surface area contributed by atoms with Crippen molar-refractivity contribution in [1.82, 2.24) is 30.6 Å². The second-order valence-electron chi connectivity index (χ2n) is 5.86. The molecule has 3 aromatic rings. The molecule has 0 saturated heterocycles. The molecule has 3 rings (SSSR count). The van der Waals surface area contributed by atoms with E-state index < -0.39 is 0 Å². The van der Waals surface area contributed by atoms with Crippen LogP contribution in [-0.4, -0.2) is 39.0 Å². The predicted molar refractivity (Wildman–Crippen MR) is 104 cm³/mol. The highest BCUT2D eigenvalue weighted by atomic mass is 35.5. The lowest BCUT2D eigenvalue weighted by atomic mass is 10.1. The number of hydrogen-bond acceptors (Lipinski definition) is 5. The Bertz CT molecular complexity index is 858. The molecule has 0 amide bonds. The molecule has 0 bridgehead atoms. The third kappa shape index (κ3) is 5.30. The van der Waals surface area contributed by atoms with Gasteiger partial charge in [-0.05, 0) is 30.7 Å². The predicted octanol–water partition coefficient (Wildman–Crippen LogP) is 2.57. The van der Waals surface area contributed by atoms with Crippen molar-refractivity contribution in [3.8, 4) is 0 Å². The van der Waals surface area contributed by atoms with E-state index >= 15 is 0 Å². The molecular formula is C18H22ClN7O. The number of halogens is 1. The van der Waals surface area contributed by atoms with Gasteiger partial charge in [0.2, 0.25) is 5.89 Å². The minimum atomic E-state index is -0.00598. The molecule has 27 heavy (non-hydrogen) atoms. The molecule has 9 heteroatoms. The van der Waals surface area contributed by atoms with E-state index in [1.165, 1.54) is 0 Å². The van der Waals surface area contributed by atoms with Crippen LogP contribution in [0.25, 0.3) is 0 Å². The average Bonchev–Trinajstić information content (AvgIpc) is 3.33. The number of nitrogens with zero attached hydrogens (tertiary/aromatic N) is 5. The molecule has 8 nitrogen and oxygen atoms in total. The van der Waals surface area contributed by atoms with Crippen molar-refractivity contribution in [3.05, 3.63) is 65.0 Å². The van der Waals surface area contributed by atoms with Crippen LogP contribution in [-0.2, 0) is 6.54 Å². The van der Waals surface area contributed by atoms with Gasteiger partial charge in [0.1, 0.15) is 6.54 Å². The van der Waals surface area contributed by atoms with Gasteiger partial charge in [0, 0.05) is 37.4 Å². The standard InChI is InChI=1S/C18H22ClN7O/c1-3-20-18(22-12-17-24-13(2)27-25-17)21-11-16(26-10-4-9-23-26)14-5-7-15(19)8-6-14/h4-10,16H,3,11-12H2,1-2H3,(H2,20,21,22). The third-order valence-corrected chi connectivity index (χ3v) is 4.11. The molecule has 0 fully saturated rings. The molecule has 1 unspecified atom stereocenters. The largest absolute Gasteiger partial charge is 0.357 e. The Hall–Kier alpha value is -2.87. The minimum Gasteiger partial charge on any atom is -0.357 e. The fraction of sp³-hybridized carbons (Fsp3) is 0.333. The maximum absolute atomic E-state index is 6.02. The maximum Gasteiger partial charge on any atom is 0.223 e. The number of nitrogens with one attached hydrogen (secondary N) is 2. The molecule has 0 radical (unpaired) electrons. The van der Waals surface area contributed by atoms with Crippen LogP contribution in [0, 0.1) is 6.92 Å². The summed E-state index contributed by atoms with van der Waals surface area (Å²) in [6.07, 6.45) is 3.70. The summed E-state index contributed by atoms with van der Waals surface area (Å²) in [5, 5.41) is 15.5. The molecule has 2 aromatic heterocycles. The summed E-state index contributed by atoms with van der Waals surface area (Å²) in [6.45, 7) is 5.44. The fourth-order valence-corrected chi connectivity index (χ4v) is 2.73. The highest BCUT2D eigenvalue weighted by Crippen LogP contribution is 2.19. The van der Waals surface area contributed by atoms with Crippen LogP contribution in [0.4, 0.5) is 0 Å². The lowest BCUT2D eigenvalue weighted by molar-refractivity contribution is 0.387. The molecular weight excluding hydrogens is 366 g/mol. The van der Waals surface area contributed by atoms with Gasteiger partial charge in [0.05, 0.1) is 6.04 Å². The SMILES string of the molecule is CCNC(=NCc1noc(C)n1)NCC(c1ccc(Cl)cc1)n1cccn1. The molecule has 1 atom stereocenters. The number of aromatic nitrogens is 4. The summed E-state index contributed by atoms with van der Waals surface area (Å²) in [5.74, 6) is 1.75. The van der Waals surface area contributed by atoms with Crippen LogP contribution in [0.5, 0.6) is 0 Å². The van der Waals surface area contributed by atoms with Crippen LogP contribution in [0.15, 0.2) is 52.2 Å². The van der Waals surface area contributed by atoms with Crippen molar-refractivity contribution in [3.63, 3.8) is 0 Å². The van der Waals surface area contributed by atoms with Gasteiger partial charge in [0.25, 0.3) is 0 Å². The number of guanidine groups is 1. The molecule has 0 saturated carbocycles. The lowest BCUT2D eigenvalue weighted by Gasteiger charge is -2.20. The molecule has 1 aromatic carbocycles. The monoisotopic (exact) mass is 387 g/mol. The van der Waals surface area contributed by atoms with E-state index in [4.69, 9.17) is 16.1 Å². The van der Waals surface area contributed by atoms with Crippen LogP contribution in [0.2, 0.25) is 5.02 Å². The van der Waals surface area contributed by atoms with Gasteiger partial charge in [-0.3, -0.25) is 4.68 Å². The maximum atomic E-state index is 6.02. The van der Waals surface area contributed by atoms with Crippen molar-refractivity contribution >= 4 is 17.6 Å². The first-order valence-electron chi connectivity index (χ1n) is 8.71. The summed E-state index contributed by atoms with van der Waals surface area (Å²) >= 11 is 6.02. The van der Waals surface area contributed by atoms with Gasteiger partial charge in [-0.15, -0.1) is 0 Å². The van der Waals surface area contributed by atoms with Gasteiger partial charge in [-0.25, -0.2) is 4.99 Å². The van der Waals surface area contributed by atoms with E-state index in [0.29, 0.717) is 35.8 Å². The Morgan fingerprint density at radius 2 is 2.11 bits per heavy atom. The van der Waals surface area contributed by atoms with Crippen molar-refractivity contribution in [2.24, 2.45) is 4.99 Å². The quantitative estimate of drug-likeness (QED) is 0.478. The Morgan fingerprint density at radius 3 is 2.74 bits per heavy atom. The second-order valence-corrected chi connectivity index (χ2v) is 6.30. The molecule has 0 aliphatic rings. The molecule has 0 aliphatic heterocycles. The van der Waals surface area contributed by atoms with E-state index in [1.807, 2.05) is 48.1 Å². The first kappa shape index (κ1) is 18.9. The number of aliphatic imine (C=N–C) groups is 1. The molecule has 0 aliphatic carbocycles. The topological polar surface area (TPSA) is 93.2 Å². The molecule has 0 spiro atoms. The summed E-state index contributed by atoms with van der Waals surface area (Å²) in [7, 11) is 0. The summed E-state index contributed by atoms with van der Waals surface area (Å²) in [6, 6.07) is 9.66. The first-order valence-corrected chi connectivity index (χ1v) is 9.09. The summed E-state index contributed by atoms with van der Waals surface area (Å²) < 4.78 is 6.88. The van der Waals surface area contributed by atoms with Gasteiger partial charge < -0.3 is 15.2 Å².